The van der Waals surface area contributed by atoms with Crippen LogP contribution in [-0.4, -0.2) is 19.9 Å². The zero-order chi connectivity index (χ0) is 15.9. The Bertz CT molecular complexity index is 990. The molecule has 0 aromatic carbocycles. The number of aromatic amines is 2. The molecule has 0 unspecified atom stereocenters. The maximum absolute atomic E-state index is 4.63. The molecule has 0 saturated carbocycles. The molecule has 3 aromatic rings. The van der Waals surface area contributed by atoms with Gasteiger partial charge in [0.05, 0.1) is 22.8 Å². The first-order chi connectivity index (χ1) is 11.8. The van der Waals surface area contributed by atoms with Gasteiger partial charge in [0.15, 0.2) is 0 Å². The van der Waals surface area contributed by atoms with E-state index in [2.05, 4.69) is 44.2 Å². The number of fused-ring (bicyclic) bond motifs is 8. The molecule has 8 bridgehead atoms. The Hall–Kier alpha value is -1.82. The van der Waals surface area contributed by atoms with Crippen molar-refractivity contribution in [1.82, 2.24) is 19.9 Å². The second-order valence-corrected chi connectivity index (χ2v) is 5.91. The van der Waals surface area contributed by atoms with Crippen molar-refractivity contribution < 1.29 is 49.4 Å². The normalized spacial score (nSPS) is 12.2. The Morgan fingerprint density at radius 2 is 0.760 bits per heavy atom. The van der Waals surface area contributed by atoms with Crippen LogP contribution in [0.2, 0.25) is 0 Å². The number of hydrogen-bond acceptors (Lipinski definition) is 2. The minimum Gasteiger partial charge on any atom is -0.355 e. The molecule has 0 aliphatic carbocycles. The fourth-order valence-corrected chi connectivity index (χ4v) is 2.94. The van der Waals surface area contributed by atoms with E-state index in [9.17, 15) is 0 Å². The molecule has 3 aromatic heterocycles. The number of aromatic nitrogens is 4. The molecule has 1 radical (unpaired) electrons. The summed E-state index contributed by atoms with van der Waals surface area (Å²) in [6, 6.07) is 16.4. The van der Waals surface area contributed by atoms with E-state index < -0.39 is 0 Å². The Balaban J connectivity index is 0.00000157. The Kier molecular flexibility index (Phi) is 4.55. The van der Waals surface area contributed by atoms with E-state index in [1.54, 1.807) is 0 Å². The quantitative estimate of drug-likeness (QED) is 0.352. The molecule has 5 heterocycles. The second kappa shape index (κ2) is 6.83. The maximum atomic E-state index is 4.63. The fourth-order valence-electron chi connectivity index (χ4n) is 2.94. The molecular formula is C20H14EuN4. The molecule has 5 rings (SSSR count). The summed E-state index contributed by atoms with van der Waals surface area (Å²) >= 11 is 0. The van der Waals surface area contributed by atoms with Crippen molar-refractivity contribution in [3.05, 3.63) is 71.3 Å². The van der Waals surface area contributed by atoms with Crippen LogP contribution in [0.3, 0.4) is 0 Å². The number of rotatable bonds is 0. The summed E-state index contributed by atoms with van der Waals surface area (Å²) in [5.41, 5.74) is 7.86. The van der Waals surface area contributed by atoms with Crippen LogP contribution in [0.5, 0.6) is 0 Å². The molecule has 0 fully saturated rings. The van der Waals surface area contributed by atoms with Crippen LogP contribution in [0.1, 0.15) is 22.8 Å². The average molecular weight is 462 g/mol. The van der Waals surface area contributed by atoms with Gasteiger partial charge in [-0.25, -0.2) is 9.97 Å². The minimum atomic E-state index is 0. The summed E-state index contributed by atoms with van der Waals surface area (Å²) in [5.74, 6) is 0. The Morgan fingerprint density at radius 1 is 0.480 bits per heavy atom. The topological polar surface area (TPSA) is 57.4 Å². The van der Waals surface area contributed by atoms with Crippen molar-refractivity contribution in [3.8, 4) is 0 Å². The van der Waals surface area contributed by atoms with Crippen LogP contribution >= 0.6 is 0 Å². The van der Waals surface area contributed by atoms with Crippen LogP contribution in [0.4, 0.5) is 0 Å². The van der Waals surface area contributed by atoms with E-state index in [4.69, 9.17) is 0 Å². The molecule has 0 spiro atoms. The molecule has 121 valence electrons. The standard InChI is InChI=1S/C20H14N4.Eu/c1-2-14-10-16-5-6-18(23-16)12-20-8-7-19(24-20)11-17-4-3-15(22-17)9-13(1)21-14;/h1-12,21,24H;. The fraction of sp³-hybridized carbons (Fsp3) is 0. The predicted molar refractivity (Wildman–Crippen MR) is 98.9 cm³/mol. The van der Waals surface area contributed by atoms with Gasteiger partial charge in [0.25, 0.3) is 0 Å². The van der Waals surface area contributed by atoms with Crippen LogP contribution in [-0.2, 0) is 0 Å². The first-order valence-electron chi connectivity index (χ1n) is 7.85. The monoisotopic (exact) mass is 463 g/mol. The van der Waals surface area contributed by atoms with Crippen molar-refractivity contribution in [2.75, 3.05) is 0 Å². The molecule has 0 saturated heterocycles. The minimum absolute atomic E-state index is 0. The van der Waals surface area contributed by atoms with Crippen LogP contribution in [0.25, 0.3) is 46.4 Å². The van der Waals surface area contributed by atoms with Crippen LogP contribution in [0.15, 0.2) is 48.5 Å². The first-order valence-corrected chi connectivity index (χ1v) is 7.85. The van der Waals surface area contributed by atoms with Gasteiger partial charge in [-0.3, -0.25) is 0 Å². The van der Waals surface area contributed by atoms with E-state index in [0.29, 0.717) is 0 Å². The van der Waals surface area contributed by atoms with Gasteiger partial charge in [-0.15, -0.1) is 0 Å². The summed E-state index contributed by atoms with van der Waals surface area (Å²) in [5, 5.41) is 0. The first kappa shape index (κ1) is 16.6. The van der Waals surface area contributed by atoms with Crippen LogP contribution in [0, 0.1) is 49.4 Å². The third-order valence-corrected chi connectivity index (χ3v) is 4.04. The summed E-state index contributed by atoms with van der Waals surface area (Å²) < 4.78 is 0. The molecule has 0 amide bonds. The van der Waals surface area contributed by atoms with E-state index in [-0.39, 0.29) is 49.4 Å². The van der Waals surface area contributed by atoms with Gasteiger partial charge in [0, 0.05) is 71.4 Å². The van der Waals surface area contributed by atoms with Gasteiger partial charge < -0.3 is 9.97 Å². The number of nitrogens with zero attached hydrogens (tertiary/aromatic N) is 2. The van der Waals surface area contributed by atoms with Gasteiger partial charge in [-0.05, 0) is 72.8 Å². The zero-order valence-corrected chi connectivity index (χ0v) is 15.6. The average Bonchev–Trinajstić information content (AvgIpc) is 3.32. The molecule has 25 heavy (non-hydrogen) atoms. The predicted octanol–water partition coefficient (Wildman–Crippen LogP) is 4.66. The second-order valence-electron chi connectivity index (χ2n) is 5.91. The molecular weight excluding hydrogens is 448 g/mol. The number of hydrogen-bond donors (Lipinski definition) is 2. The Labute approximate surface area is 185 Å². The van der Waals surface area contributed by atoms with E-state index in [0.717, 1.165) is 44.8 Å². The summed E-state index contributed by atoms with van der Waals surface area (Å²) in [7, 11) is 0. The molecule has 2 N–H and O–H groups in total. The smallest absolute Gasteiger partial charge is 0.0658 e. The molecule has 2 aliphatic rings. The van der Waals surface area contributed by atoms with Gasteiger partial charge in [0.2, 0.25) is 0 Å². The number of H-pyrrole nitrogens is 2. The maximum Gasteiger partial charge on any atom is 0.0658 e. The SMILES string of the molecule is C1=Cc2cc3ccc(cc4nc(cc5ccc(cc1n2)[nH]5)C=C4)[nH]3.[Eu]. The number of nitrogens with one attached hydrogen (secondary N) is 2. The third-order valence-electron chi connectivity index (χ3n) is 4.04. The molecule has 5 heteroatoms. The van der Waals surface area contributed by atoms with E-state index in [1.807, 2.05) is 48.6 Å². The summed E-state index contributed by atoms with van der Waals surface area (Å²) in [6.07, 6.45) is 8.09. The van der Waals surface area contributed by atoms with Gasteiger partial charge >= 0.3 is 0 Å². The van der Waals surface area contributed by atoms with Gasteiger partial charge in [0.1, 0.15) is 0 Å². The van der Waals surface area contributed by atoms with Gasteiger partial charge in [-0.2, -0.15) is 0 Å². The van der Waals surface area contributed by atoms with Crippen LogP contribution < -0.4 is 0 Å². The summed E-state index contributed by atoms with van der Waals surface area (Å²) in [4.78, 5) is 16.0. The third kappa shape index (κ3) is 3.59. The largest absolute Gasteiger partial charge is 0.355 e. The van der Waals surface area contributed by atoms with Crippen molar-refractivity contribution in [2.24, 2.45) is 0 Å². The molecule has 0 atom stereocenters. The van der Waals surface area contributed by atoms with Crippen molar-refractivity contribution in [1.29, 1.82) is 0 Å². The zero-order valence-electron chi connectivity index (χ0n) is 13.2. The van der Waals surface area contributed by atoms with Crippen molar-refractivity contribution >= 4 is 46.4 Å². The van der Waals surface area contributed by atoms with Crippen molar-refractivity contribution in [2.45, 2.75) is 0 Å². The van der Waals surface area contributed by atoms with E-state index >= 15 is 0 Å². The molecule has 4 nitrogen and oxygen atoms in total. The van der Waals surface area contributed by atoms with Gasteiger partial charge in [-0.1, -0.05) is 0 Å². The Morgan fingerprint density at radius 3 is 1.04 bits per heavy atom. The molecule has 2 aliphatic heterocycles. The summed E-state index contributed by atoms with van der Waals surface area (Å²) in [6.45, 7) is 0. The van der Waals surface area contributed by atoms with E-state index in [1.165, 1.54) is 0 Å². The van der Waals surface area contributed by atoms with Crippen molar-refractivity contribution in [3.63, 3.8) is 0 Å².